The smallest absolute Gasteiger partial charge is 0.384 e. The van der Waals surface area contributed by atoms with E-state index in [1.165, 1.54) is 10.7 Å². The average molecular weight is 258 g/mol. The number of halogens is 3. The minimum absolute atomic E-state index is 0.0616. The Hall–Kier alpha value is -2.32. The molecule has 0 saturated carbocycles. The summed E-state index contributed by atoms with van der Waals surface area (Å²) in [5, 5.41) is 6.57. The number of alkyl halides is 3. The molecular weight excluding hydrogens is 249 g/mol. The van der Waals surface area contributed by atoms with Crippen LogP contribution in [0.4, 0.5) is 30.6 Å². The van der Waals surface area contributed by atoms with Crippen molar-refractivity contribution in [1.29, 1.82) is 0 Å². The Morgan fingerprint density at radius 1 is 1.28 bits per heavy atom. The fraction of sp³-hybridized carbons (Fsp3) is 0.222. The van der Waals surface area contributed by atoms with Crippen molar-refractivity contribution >= 4 is 17.5 Å². The van der Waals surface area contributed by atoms with E-state index >= 15 is 0 Å². The fourth-order valence-electron chi connectivity index (χ4n) is 1.27. The fourth-order valence-corrected chi connectivity index (χ4v) is 1.27. The first-order valence-corrected chi connectivity index (χ1v) is 4.83. The molecule has 0 aliphatic heterocycles. The molecule has 9 heteroatoms. The van der Waals surface area contributed by atoms with Crippen LogP contribution in [0.3, 0.4) is 0 Å². The first-order valence-electron chi connectivity index (χ1n) is 4.83. The van der Waals surface area contributed by atoms with Crippen LogP contribution in [0.5, 0.6) is 0 Å². The highest BCUT2D eigenvalue weighted by Gasteiger charge is 2.35. The number of nitrogen functional groups attached to an aromatic ring is 1. The summed E-state index contributed by atoms with van der Waals surface area (Å²) in [6.45, 7) is 0. The number of nitrogens with two attached hydrogens (primary N) is 1. The van der Waals surface area contributed by atoms with Crippen LogP contribution in [0.2, 0.25) is 0 Å². The third kappa shape index (κ3) is 2.67. The van der Waals surface area contributed by atoms with Gasteiger partial charge >= 0.3 is 6.18 Å². The van der Waals surface area contributed by atoms with Crippen LogP contribution in [0, 0.1) is 0 Å². The summed E-state index contributed by atoms with van der Waals surface area (Å²) in [5.41, 5.74) is 5.30. The zero-order chi connectivity index (χ0) is 13.3. The molecule has 96 valence electrons. The Labute approximate surface area is 99.7 Å². The summed E-state index contributed by atoms with van der Waals surface area (Å²) in [4.78, 5) is 6.46. The Morgan fingerprint density at radius 3 is 2.56 bits per heavy atom. The summed E-state index contributed by atoms with van der Waals surface area (Å²) in [5.74, 6) is -1.26. The largest absolute Gasteiger partial charge is 0.451 e. The molecule has 0 aliphatic carbocycles. The van der Waals surface area contributed by atoms with Gasteiger partial charge in [-0.1, -0.05) is 0 Å². The van der Waals surface area contributed by atoms with Gasteiger partial charge in [0.05, 0.1) is 0 Å². The van der Waals surface area contributed by atoms with Crippen LogP contribution < -0.4 is 11.1 Å². The van der Waals surface area contributed by atoms with Gasteiger partial charge in [0, 0.05) is 25.4 Å². The van der Waals surface area contributed by atoms with E-state index in [-0.39, 0.29) is 11.6 Å². The van der Waals surface area contributed by atoms with Gasteiger partial charge in [0.2, 0.25) is 5.82 Å². The van der Waals surface area contributed by atoms with Gasteiger partial charge in [-0.2, -0.15) is 18.3 Å². The van der Waals surface area contributed by atoms with Gasteiger partial charge in [-0.05, 0) is 0 Å². The van der Waals surface area contributed by atoms with E-state index in [0.29, 0.717) is 5.82 Å². The van der Waals surface area contributed by atoms with Crippen molar-refractivity contribution in [2.75, 3.05) is 11.1 Å². The monoisotopic (exact) mass is 258 g/mol. The minimum Gasteiger partial charge on any atom is -0.384 e. The highest BCUT2D eigenvalue weighted by Crippen LogP contribution is 2.28. The molecule has 3 N–H and O–H groups in total. The lowest BCUT2D eigenvalue weighted by atomic mass is 10.4. The second-order valence-corrected chi connectivity index (χ2v) is 3.50. The molecule has 2 rings (SSSR count). The van der Waals surface area contributed by atoms with Gasteiger partial charge in [-0.3, -0.25) is 4.68 Å². The SMILES string of the molecule is Cn1ccc(Nc2cc(N)nc(C(F)(F)F)n2)n1. The summed E-state index contributed by atoms with van der Waals surface area (Å²) in [6, 6.07) is 2.79. The highest BCUT2D eigenvalue weighted by molar-refractivity contribution is 5.54. The van der Waals surface area contributed by atoms with Crippen LogP contribution in [-0.2, 0) is 13.2 Å². The number of hydrogen-bond acceptors (Lipinski definition) is 5. The van der Waals surface area contributed by atoms with Crippen molar-refractivity contribution in [3.63, 3.8) is 0 Å². The van der Waals surface area contributed by atoms with E-state index in [4.69, 9.17) is 5.73 Å². The normalized spacial score (nSPS) is 11.6. The lowest BCUT2D eigenvalue weighted by molar-refractivity contribution is -0.144. The molecule has 0 radical (unpaired) electrons. The molecule has 0 aromatic carbocycles. The number of rotatable bonds is 2. The third-order valence-electron chi connectivity index (χ3n) is 1.97. The molecule has 0 amide bonds. The molecule has 0 spiro atoms. The van der Waals surface area contributed by atoms with Crippen molar-refractivity contribution in [2.45, 2.75) is 6.18 Å². The average Bonchev–Trinajstić information content (AvgIpc) is 2.61. The molecule has 18 heavy (non-hydrogen) atoms. The quantitative estimate of drug-likeness (QED) is 0.854. The molecule has 2 aromatic heterocycles. The van der Waals surface area contributed by atoms with Crippen molar-refractivity contribution in [2.24, 2.45) is 7.05 Å². The van der Waals surface area contributed by atoms with E-state index in [9.17, 15) is 13.2 Å². The number of nitrogens with one attached hydrogen (secondary N) is 1. The second kappa shape index (κ2) is 4.17. The lowest BCUT2D eigenvalue weighted by Crippen LogP contribution is -2.13. The molecule has 6 nitrogen and oxygen atoms in total. The first-order chi connectivity index (χ1) is 8.34. The summed E-state index contributed by atoms with van der Waals surface area (Å²) >= 11 is 0. The number of nitrogens with zero attached hydrogens (tertiary/aromatic N) is 4. The highest BCUT2D eigenvalue weighted by atomic mass is 19.4. The molecule has 0 atom stereocenters. The number of aryl methyl sites for hydroxylation is 1. The van der Waals surface area contributed by atoms with Crippen LogP contribution >= 0.6 is 0 Å². The van der Waals surface area contributed by atoms with Crippen LogP contribution in [0.1, 0.15) is 5.82 Å². The van der Waals surface area contributed by atoms with Gasteiger partial charge in [0.15, 0.2) is 5.82 Å². The van der Waals surface area contributed by atoms with Gasteiger partial charge in [-0.15, -0.1) is 0 Å². The molecule has 0 unspecified atom stereocenters. The van der Waals surface area contributed by atoms with E-state index in [2.05, 4.69) is 20.4 Å². The summed E-state index contributed by atoms with van der Waals surface area (Å²) in [6.07, 6.45) is -3.01. The molecule has 0 fully saturated rings. The molecular formula is C9H9F3N6. The van der Waals surface area contributed by atoms with Gasteiger partial charge in [0.25, 0.3) is 0 Å². The Bertz CT molecular complexity index is 562. The number of anilines is 3. The van der Waals surface area contributed by atoms with Gasteiger partial charge in [0.1, 0.15) is 11.6 Å². The second-order valence-electron chi connectivity index (χ2n) is 3.50. The van der Waals surface area contributed by atoms with Crippen molar-refractivity contribution in [1.82, 2.24) is 19.7 Å². The summed E-state index contributed by atoms with van der Waals surface area (Å²) < 4.78 is 38.9. The van der Waals surface area contributed by atoms with E-state index < -0.39 is 12.0 Å². The maximum Gasteiger partial charge on any atom is 0.451 e. The lowest BCUT2D eigenvalue weighted by Gasteiger charge is -2.08. The van der Waals surface area contributed by atoms with E-state index in [0.717, 1.165) is 0 Å². The molecule has 0 bridgehead atoms. The molecule has 0 aliphatic rings. The maximum absolute atomic E-state index is 12.5. The molecule has 2 aromatic rings. The zero-order valence-corrected chi connectivity index (χ0v) is 9.23. The topological polar surface area (TPSA) is 81.7 Å². The van der Waals surface area contributed by atoms with E-state index in [1.807, 2.05) is 0 Å². The standard InChI is InChI=1S/C9H9F3N6/c1-18-3-2-6(17-18)15-7-4-5(13)14-8(16-7)9(10,11)12/h2-4H,1H3,(H3,13,14,15,16,17). The molecule has 2 heterocycles. The Kier molecular flexibility index (Phi) is 2.81. The van der Waals surface area contributed by atoms with Gasteiger partial charge < -0.3 is 11.1 Å². The predicted molar refractivity (Wildman–Crippen MR) is 57.9 cm³/mol. The van der Waals surface area contributed by atoms with Crippen molar-refractivity contribution in [3.05, 3.63) is 24.2 Å². The zero-order valence-electron chi connectivity index (χ0n) is 9.23. The third-order valence-corrected chi connectivity index (χ3v) is 1.97. The number of aromatic nitrogens is 4. The van der Waals surface area contributed by atoms with Crippen LogP contribution in [0.15, 0.2) is 18.3 Å². The Balaban J connectivity index is 2.31. The summed E-state index contributed by atoms with van der Waals surface area (Å²) in [7, 11) is 1.68. The maximum atomic E-state index is 12.5. The predicted octanol–water partition coefficient (Wildman–Crippen LogP) is 1.55. The Morgan fingerprint density at radius 2 is 2.00 bits per heavy atom. The van der Waals surface area contributed by atoms with Crippen molar-refractivity contribution in [3.8, 4) is 0 Å². The van der Waals surface area contributed by atoms with E-state index in [1.54, 1.807) is 19.3 Å². The minimum atomic E-state index is -4.64. The molecule has 0 saturated heterocycles. The van der Waals surface area contributed by atoms with Crippen LogP contribution in [0.25, 0.3) is 0 Å². The van der Waals surface area contributed by atoms with Gasteiger partial charge in [-0.25, -0.2) is 9.97 Å². The first kappa shape index (κ1) is 12.1. The van der Waals surface area contributed by atoms with Crippen LogP contribution in [-0.4, -0.2) is 19.7 Å². The number of hydrogen-bond donors (Lipinski definition) is 2. The van der Waals surface area contributed by atoms with Crippen molar-refractivity contribution < 1.29 is 13.2 Å².